The van der Waals surface area contributed by atoms with E-state index in [9.17, 15) is 9.59 Å². The average molecular weight is 346 g/mol. The van der Waals surface area contributed by atoms with Gasteiger partial charge in [0.05, 0.1) is 11.6 Å². The topological polar surface area (TPSA) is 77.1 Å². The highest BCUT2D eigenvalue weighted by molar-refractivity contribution is 6.30. The number of aliphatic carboxylic acids is 1. The number of aromatic nitrogens is 3. The van der Waals surface area contributed by atoms with Gasteiger partial charge in [-0.25, -0.2) is 4.68 Å². The van der Waals surface area contributed by atoms with Gasteiger partial charge in [0.2, 0.25) is 0 Å². The Kier molecular flexibility index (Phi) is 4.15. The zero-order chi connectivity index (χ0) is 17.4. The number of benzene rings is 1. The molecule has 0 spiro atoms. The Morgan fingerprint density at radius 2 is 1.88 bits per heavy atom. The Hall–Kier alpha value is -2.60. The summed E-state index contributed by atoms with van der Waals surface area (Å²) in [6, 6.07) is 7.53. The summed E-state index contributed by atoms with van der Waals surface area (Å²) in [6.45, 7) is 3.93. The van der Waals surface area contributed by atoms with Gasteiger partial charge in [0.1, 0.15) is 6.54 Å². The van der Waals surface area contributed by atoms with Crippen LogP contribution in [0.2, 0.25) is 5.02 Å². The zero-order valence-corrected chi connectivity index (χ0v) is 14.0. The molecule has 0 unspecified atom stereocenters. The van der Waals surface area contributed by atoms with Gasteiger partial charge in [-0.1, -0.05) is 23.7 Å². The minimum Gasteiger partial charge on any atom is -0.480 e. The molecular weight excluding hydrogens is 330 g/mol. The first-order valence-electron chi connectivity index (χ1n) is 7.40. The summed E-state index contributed by atoms with van der Waals surface area (Å²) in [6.07, 6.45) is 1.56. The molecular formula is C17H16ClN3O3. The third-order valence-corrected chi connectivity index (χ3v) is 4.40. The monoisotopic (exact) mass is 345 g/mol. The Labute approximate surface area is 142 Å². The van der Waals surface area contributed by atoms with E-state index in [2.05, 4.69) is 5.10 Å². The SMILES string of the molecule is Cc1c2cnn(CC(=O)O)c(=O)c2c(C)n1Cc1ccc(Cl)cc1. The summed E-state index contributed by atoms with van der Waals surface area (Å²) in [5.74, 6) is -1.10. The van der Waals surface area contributed by atoms with Gasteiger partial charge < -0.3 is 9.67 Å². The van der Waals surface area contributed by atoms with Gasteiger partial charge in [0, 0.05) is 28.3 Å². The summed E-state index contributed by atoms with van der Waals surface area (Å²) >= 11 is 5.91. The predicted molar refractivity (Wildman–Crippen MR) is 91.7 cm³/mol. The fourth-order valence-electron chi connectivity index (χ4n) is 2.89. The van der Waals surface area contributed by atoms with Crippen LogP contribution in [0.25, 0.3) is 10.8 Å². The normalized spacial score (nSPS) is 11.1. The summed E-state index contributed by atoms with van der Waals surface area (Å²) in [7, 11) is 0. The molecule has 2 aromatic heterocycles. The molecule has 3 rings (SSSR count). The molecule has 1 N–H and O–H groups in total. The van der Waals surface area contributed by atoms with Crippen molar-refractivity contribution >= 4 is 28.3 Å². The number of carboxylic acid groups (broad SMARTS) is 1. The predicted octanol–water partition coefficient (Wildman–Crippen LogP) is 2.60. The van der Waals surface area contributed by atoms with E-state index >= 15 is 0 Å². The fourth-order valence-corrected chi connectivity index (χ4v) is 3.02. The maximum Gasteiger partial charge on any atom is 0.325 e. The van der Waals surface area contributed by atoms with Crippen LogP contribution in [0.5, 0.6) is 0 Å². The Morgan fingerprint density at radius 1 is 1.21 bits per heavy atom. The van der Waals surface area contributed by atoms with Crippen LogP contribution in [0.4, 0.5) is 0 Å². The van der Waals surface area contributed by atoms with Gasteiger partial charge in [0.15, 0.2) is 0 Å². The lowest BCUT2D eigenvalue weighted by Gasteiger charge is -2.09. The van der Waals surface area contributed by atoms with E-state index in [0.29, 0.717) is 17.0 Å². The lowest BCUT2D eigenvalue weighted by molar-refractivity contribution is -0.137. The minimum atomic E-state index is -1.10. The molecule has 0 radical (unpaired) electrons. The first-order valence-corrected chi connectivity index (χ1v) is 7.78. The Balaban J connectivity index is 2.12. The van der Waals surface area contributed by atoms with Crippen LogP contribution in [-0.4, -0.2) is 25.4 Å². The van der Waals surface area contributed by atoms with Crippen molar-refractivity contribution in [3.8, 4) is 0 Å². The fraction of sp³-hybridized carbons (Fsp3) is 0.235. The van der Waals surface area contributed by atoms with Gasteiger partial charge in [-0.05, 0) is 31.5 Å². The number of aryl methyl sites for hydroxylation is 2. The van der Waals surface area contributed by atoms with Gasteiger partial charge in [0.25, 0.3) is 5.56 Å². The molecule has 0 aliphatic rings. The first-order chi connectivity index (χ1) is 11.4. The van der Waals surface area contributed by atoms with Crippen LogP contribution in [0.3, 0.4) is 0 Å². The summed E-state index contributed by atoms with van der Waals surface area (Å²) in [5, 5.41) is 14.8. The highest BCUT2D eigenvalue weighted by atomic mass is 35.5. The summed E-state index contributed by atoms with van der Waals surface area (Å²) in [4.78, 5) is 23.4. The molecule has 24 heavy (non-hydrogen) atoms. The van der Waals surface area contributed by atoms with Crippen molar-refractivity contribution in [1.29, 1.82) is 0 Å². The van der Waals surface area contributed by atoms with E-state index < -0.39 is 12.5 Å². The number of nitrogens with zero attached hydrogens (tertiary/aromatic N) is 3. The zero-order valence-electron chi connectivity index (χ0n) is 13.3. The largest absolute Gasteiger partial charge is 0.480 e. The summed E-state index contributed by atoms with van der Waals surface area (Å²) in [5.41, 5.74) is 2.39. The third-order valence-electron chi connectivity index (χ3n) is 4.14. The van der Waals surface area contributed by atoms with Crippen LogP contribution >= 0.6 is 11.6 Å². The number of hydrogen-bond donors (Lipinski definition) is 1. The molecule has 0 aliphatic carbocycles. The van der Waals surface area contributed by atoms with Crippen molar-refractivity contribution in [2.45, 2.75) is 26.9 Å². The third kappa shape index (κ3) is 2.80. The second kappa shape index (κ2) is 6.13. The van der Waals surface area contributed by atoms with E-state index in [1.54, 1.807) is 6.20 Å². The van der Waals surface area contributed by atoms with Crippen molar-refractivity contribution in [3.63, 3.8) is 0 Å². The van der Waals surface area contributed by atoms with E-state index in [1.807, 2.05) is 42.7 Å². The molecule has 0 bridgehead atoms. The van der Waals surface area contributed by atoms with Crippen molar-refractivity contribution < 1.29 is 9.90 Å². The van der Waals surface area contributed by atoms with Crippen molar-refractivity contribution in [3.05, 3.63) is 62.8 Å². The average Bonchev–Trinajstić information content (AvgIpc) is 2.77. The molecule has 0 atom stereocenters. The Bertz CT molecular complexity index is 987. The molecule has 2 heterocycles. The first kappa shape index (κ1) is 16.3. The highest BCUT2D eigenvalue weighted by Crippen LogP contribution is 2.23. The molecule has 1 aromatic carbocycles. The van der Waals surface area contributed by atoms with E-state index in [0.717, 1.165) is 27.0 Å². The van der Waals surface area contributed by atoms with Crippen LogP contribution in [0.1, 0.15) is 17.0 Å². The van der Waals surface area contributed by atoms with Gasteiger partial charge in [-0.15, -0.1) is 0 Å². The minimum absolute atomic E-state index is 0.384. The van der Waals surface area contributed by atoms with Crippen molar-refractivity contribution in [2.75, 3.05) is 0 Å². The quantitative estimate of drug-likeness (QED) is 0.788. The van der Waals surface area contributed by atoms with Gasteiger partial charge >= 0.3 is 5.97 Å². The number of carbonyl (C=O) groups is 1. The summed E-state index contributed by atoms with van der Waals surface area (Å²) < 4.78 is 3.01. The number of fused-ring (bicyclic) bond motifs is 1. The Morgan fingerprint density at radius 3 is 2.50 bits per heavy atom. The highest BCUT2D eigenvalue weighted by Gasteiger charge is 2.17. The molecule has 6 nitrogen and oxygen atoms in total. The second-order valence-electron chi connectivity index (χ2n) is 5.67. The van der Waals surface area contributed by atoms with E-state index in [4.69, 9.17) is 16.7 Å². The molecule has 0 saturated heterocycles. The molecule has 0 aliphatic heterocycles. The molecule has 124 valence electrons. The smallest absolute Gasteiger partial charge is 0.325 e. The lowest BCUT2D eigenvalue weighted by atomic mass is 10.2. The van der Waals surface area contributed by atoms with Crippen molar-refractivity contribution in [1.82, 2.24) is 14.3 Å². The maximum absolute atomic E-state index is 12.6. The molecule has 7 heteroatoms. The van der Waals surface area contributed by atoms with Gasteiger partial charge in [-0.2, -0.15) is 5.10 Å². The van der Waals surface area contributed by atoms with E-state index in [1.165, 1.54) is 0 Å². The number of rotatable bonds is 4. The molecule has 3 aromatic rings. The lowest BCUT2D eigenvalue weighted by Crippen LogP contribution is -2.26. The van der Waals surface area contributed by atoms with Crippen LogP contribution in [0, 0.1) is 13.8 Å². The second-order valence-corrected chi connectivity index (χ2v) is 6.11. The van der Waals surface area contributed by atoms with Crippen LogP contribution < -0.4 is 5.56 Å². The van der Waals surface area contributed by atoms with Crippen LogP contribution in [-0.2, 0) is 17.9 Å². The van der Waals surface area contributed by atoms with E-state index in [-0.39, 0.29) is 5.56 Å². The van der Waals surface area contributed by atoms with Crippen molar-refractivity contribution in [2.24, 2.45) is 0 Å². The molecule has 0 fully saturated rings. The number of halogens is 1. The number of hydrogen-bond acceptors (Lipinski definition) is 3. The molecule has 0 amide bonds. The maximum atomic E-state index is 12.6. The molecule has 0 saturated carbocycles. The number of carboxylic acids is 1. The van der Waals surface area contributed by atoms with Crippen LogP contribution in [0.15, 0.2) is 35.3 Å². The van der Waals surface area contributed by atoms with Gasteiger partial charge in [-0.3, -0.25) is 9.59 Å². The standard InChI is InChI=1S/C17H16ClN3O3/c1-10-14-7-19-21(9-15(22)23)17(24)16(14)11(2)20(10)8-12-3-5-13(18)6-4-12/h3-7H,8-9H2,1-2H3,(H,22,23).